The lowest BCUT2D eigenvalue weighted by Gasteiger charge is -2.22. The maximum atomic E-state index is 12.9. The molecule has 0 spiro atoms. The van der Waals surface area contributed by atoms with Gasteiger partial charge in [0.05, 0.1) is 7.11 Å². The Morgan fingerprint density at radius 1 is 0.897 bits per heavy atom. The largest absolute Gasteiger partial charge is 0.493 e. The number of benzene rings is 2. The number of carbonyl (C=O) groups excluding carboxylic acids is 2. The van der Waals surface area contributed by atoms with Crippen LogP contribution < -0.4 is 9.47 Å². The highest BCUT2D eigenvalue weighted by Gasteiger charge is 2.23. The van der Waals surface area contributed by atoms with Crippen molar-refractivity contribution in [3.8, 4) is 11.5 Å². The van der Waals surface area contributed by atoms with E-state index in [9.17, 15) is 9.59 Å². The van der Waals surface area contributed by atoms with E-state index in [1.54, 1.807) is 24.1 Å². The predicted octanol–water partition coefficient (Wildman–Crippen LogP) is 3.07. The summed E-state index contributed by atoms with van der Waals surface area (Å²) in [6.45, 7) is 6.28. The second kappa shape index (κ2) is 9.45. The molecule has 0 N–H and O–H groups in total. The van der Waals surface area contributed by atoms with Crippen LogP contribution in [0.2, 0.25) is 0 Å². The maximum Gasteiger partial charge on any atom is 0.260 e. The van der Waals surface area contributed by atoms with Gasteiger partial charge in [0.2, 0.25) is 0 Å². The molecular weight excluding hydrogens is 368 g/mol. The van der Waals surface area contributed by atoms with Gasteiger partial charge in [0.15, 0.2) is 18.1 Å². The van der Waals surface area contributed by atoms with Gasteiger partial charge in [-0.25, -0.2) is 0 Å². The number of aryl methyl sites for hydroxylation is 2. The molecule has 1 fully saturated rings. The Balaban J connectivity index is 1.56. The number of ether oxygens (including phenoxy) is 2. The highest BCUT2D eigenvalue weighted by molar-refractivity contribution is 5.94. The molecule has 1 saturated heterocycles. The summed E-state index contributed by atoms with van der Waals surface area (Å²) in [5, 5.41) is 0. The van der Waals surface area contributed by atoms with Gasteiger partial charge in [-0.15, -0.1) is 0 Å². The number of rotatable bonds is 5. The molecule has 1 heterocycles. The van der Waals surface area contributed by atoms with E-state index in [-0.39, 0.29) is 18.4 Å². The van der Waals surface area contributed by atoms with Crippen LogP contribution in [0.15, 0.2) is 42.5 Å². The molecule has 2 aromatic rings. The van der Waals surface area contributed by atoms with Crippen molar-refractivity contribution >= 4 is 11.8 Å². The SMILES string of the molecule is COc1ccccc1OCC(=O)N1CCCN(C(=O)c2ccc(C)c(C)c2)CC1. The summed E-state index contributed by atoms with van der Waals surface area (Å²) in [7, 11) is 1.57. The number of hydrogen-bond acceptors (Lipinski definition) is 4. The molecule has 29 heavy (non-hydrogen) atoms. The zero-order valence-electron chi connectivity index (χ0n) is 17.3. The molecule has 0 unspecified atom stereocenters. The molecule has 0 aromatic heterocycles. The van der Waals surface area contributed by atoms with Gasteiger partial charge in [-0.05, 0) is 55.7 Å². The average molecular weight is 396 g/mol. The quantitative estimate of drug-likeness (QED) is 0.779. The van der Waals surface area contributed by atoms with Crippen molar-refractivity contribution < 1.29 is 19.1 Å². The van der Waals surface area contributed by atoms with Gasteiger partial charge >= 0.3 is 0 Å². The number of para-hydroxylation sites is 2. The molecule has 2 amide bonds. The number of methoxy groups -OCH3 is 1. The molecule has 0 aliphatic carbocycles. The lowest BCUT2D eigenvalue weighted by Crippen LogP contribution is -2.39. The first kappa shape index (κ1) is 20.7. The predicted molar refractivity (Wildman–Crippen MR) is 112 cm³/mol. The maximum absolute atomic E-state index is 12.9. The van der Waals surface area contributed by atoms with Gasteiger partial charge < -0.3 is 19.3 Å². The van der Waals surface area contributed by atoms with E-state index < -0.39 is 0 Å². The molecule has 6 heteroatoms. The summed E-state index contributed by atoms with van der Waals surface area (Å²) in [5.74, 6) is 1.08. The topological polar surface area (TPSA) is 59.1 Å². The van der Waals surface area contributed by atoms with Crippen LogP contribution in [0.4, 0.5) is 0 Å². The summed E-state index contributed by atoms with van der Waals surface area (Å²) >= 11 is 0. The number of amides is 2. The number of nitrogens with zero attached hydrogens (tertiary/aromatic N) is 2. The van der Waals surface area contributed by atoms with Gasteiger partial charge in [-0.1, -0.05) is 18.2 Å². The van der Waals surface area contributed by atoms with Crippen LogP contribution in [0.3, 0.4) is 0 Å². The van der Waals surface area contributed by atoms with Gasteiger partial charge in [-0.2, -0.15) is 0 Å². The fraction of sp³-hybridized carbons (Fsp3) is 0.391. The monoisotopic (exact) mass is 396 g/mol. The Morgan fingerprint density at radius 2 is 1.59 bits per heavy atom. The lowest BCUT2D eigenvalue weighted by atomic mass is 10.1. The second-order valence-corrected chi connectivity index (χ2v) is 7.27. The normalized spacial score (nSPS) is 14.3. The minimum atomic E-state index is -0.0867. The highest BCUT2D eigenvalue weighted by atomic mass is 16.5. The molecule has 1 aliphatic heterocycles. The summed E-state index contributed by atoms with van der Waals surface area (Å²) in [6.07, 6.45) is 0.747. The van der Waals surface area contributed by atoms with E-state index in [1.165, 1.54) is 5.56 Å². The molecule has 0 atom stereocenters. The van der Waals surface area contributed by atoms with Crippen LogP contribution in [0.5, 0.6) is 11.5 Å². The van der Waals surface area contributed by atoms with Crippen molar-refractivity contribution in [2.24, 2.45) is 0 Å². The van der Waals surface area contributed by atoms with E-state index in [4.69, 9.17) is 9.47 Å². The van der Waals surface area contributed by atoms with Crippen LogP contribution in [0.25, 0.3) is 0 Å². The van der Waals surface area contributed by atoms with Crippen molar-refractivity contribution in [3.63, 3.8) is 0 Å². The molecule has 154 valence electrons. The molecule has 1 aliphatic rings. The second-order valence-electron chi connectivity index (χ2n) is 7.27. The first-order valence-electron chi connectivity index (χ1n) is 9.89. The molecule has 3 rings (SSSR count). The minimum Gasteiger partial charge on any atom is -0.493 e. The zero-order valence-corrected chi connectivity index (χ0v) is 17.3. The van der Waals surface area contributed by atoms with E-state index >= 15 is 0 Å². The van der Waals surface area contributed by atoms with Crippen LogP contribution >= 0.6 is 0 Å². The zero-order chi connectivity index (χ0) is 20.8. The van der Waals surface area contributed by atoms with Crippen LogP contribution in [-0.4, -0.2) is 61.5 Å². The van der Waals surface area contributed by atoms with Crippen LogP contribution in [0.1, 0.15) is 27.9 Å². The Hall–Kier alpha value is -3.02. The van der Waals surface area contributed by atoms with Crippen molar-refractivity contribution in [2.45, 2.75) is 20.3 Å². The smallest absolute Gasteiger partial charge is 0.260 e. The Kier molecular flexibility index (Phi) is 6.75. The summed E-state index contributed by atoms with van der Waals surface area (Å²) in [6, 6.07) is 13.0. The van der Waals surface area contributed by atoms with Gasteiger partial charge in [0, 0.05) is 31.7 Å². The lowest BCUT2D eigenvalue weighted by molar-refractivity contribution is -0.133. The van der Waals surface area contributed by atoms with E-state index in [2.05, 4.69) is 0 Å². The van der Waals surface area contributed by atoms with E-state index in [1.807, 2.05) is 49.1 Å². The Labute approximate surface area is 172 Å². The highest BCUT2D eigenvalue weighted by Crippen LogP contribution is 2.25. The Morgan fingerprint density at radius 3 is 2.31 bits per heavy atom. The van der Waals surface area contributed by atoms with E-state index in [0.29, 0.717) is 43.2 Å². The van der Waals surface area contributed by atoms with Crippen LogP contribution in [-0.2, 0) is 4.79 Å². The molecule has 0 radical (unpaired) electrons. The molecule has 0 bridgehead atoms. The Bertz CT molecular complexity index is 881. The third-order valence-corrected chi connectivity index (χ3v) is 5.31. The summed E-state index contributed by atoms with van der Waals surface area (Å²) < 4.78 is 10.9. The standard InChI is InChI=1S/C23H28N2O4/c1-17-9-10-19(15-18(17)2)23(27)25-12-6-11-24(13-14-25)22(26)16-29-21-8-5-4-7-20(21)28-3/h4-5,7-10,15H,6,11-14,16H2,1-3H3. The van der Waals surface area contributed by atoms with Gasteiger partial charge in [0.25, 0.3) is 11.8 Å². The average Bonchev–Trinajstić information content (AvgIpc) is 3.00. The first-order valence-corrected chi connectivity index (χ1v) is 9.89. The third kappa shape index (κ3) is 5.08. The van der Waals surface area contributed by atoms with Crippen molar-refractivity contribution in [1.82, 2.24) is 9.80 Å². The molecular formula is C23H28N2O4. The number of hydrogen-bond donors (Lipinski definition) is 0. The molecule has 6 nitrogen and oxygen atoms in total. The fourth-order valence-corrected chi connectivity index (χ4v) is 3.40. The van der Waals surface area contributed by atoms with Crippen molar-refractivity contribution in [1.29, 1.82) is 0 Å². The van der Waals surface area contributed by atoms with Gasteiger partial charge in [-0.3, -0.25) is 9.59 Å². The van der Waals surface area contributed by atoms with Gasteiger partial charge in [0.1, 0.15) is 0 Å². The minimum absolute atomic E-state index is 0.0210. The molecule has 0 saturated carbocycles. The first-order chi connectivity index (χ1) is 14.0. The van der Waals surface area contributed by atoms with Crippen molar-refractivity contribution in [2.75, 3.05) is 39.9 Å². The third-order valence-electron chi connectivity index (χ3n) is 5.31. The number of carbonyl (C=O) groups is 2. The summed E-state index contributed by atoms with van der Waals surface area (Å²) in [4.78, 5) is 29.1. The van der Waals surface area contributed by atoms with E-state index in [0.717, 1.165) is 12.0 Å². The fourth-order valence-electron chi connectivity index (χ4n) is 3.40. The van der Waals surface area contributed by atoms with Crippen LogP contribution in [0, 0.1) is 13.8 Å². The van der Waals surface area contributed by atoms with Crippen molar-refractivity contribution in [3.05, 3.63) is 59.2 Å². The molecule has 2 aromatic carbocycles. The summed E-state index contributed by atoms with van der Waals surface area (Å²) in [5.41, 5.74) is 2.98.